The summed E-state index contributed by atoms with van der Waals surface area (Å²) in [5.74, 6) is -1.23. The fourth-order valence-electron chi connectivity index (χ4n) is 1.19. The Morgan fingerprint density at radius 1 is 1.56 bits per heavy atom. The maximum atomic E-state index is 11.5. The van der Waals surface area contributed by atoms with Crippen molar-refractivity contribution in [3.05, 3.63) is 11.8 Å². The molecule has 0 saturated carbocycles. The zero-order chi connectivity index (χ0) is 13.7. The number of hydrogen-bond donors (Lipinski definition) is 2. The smallest absolute Gasteiger partial charge is 0.308 e. The number of nitrogens with zero attached hydrogens (tertiary/aromatic N) is 1. The summed E-state index contributed by atoms with van der Waals surface area (Å²) in [6.07, 6.45) is 0. The summed E-state index contributed by atoms with van der Waals surface area (Å²) in [4.78, 5) is 22.2. The molecule has 0 saturated heterocycles. The minimum atomic E-state index is -0.962. The van der Waals surface area contributed by atoms with Crippen molar-refractivity contribution in [2.45, 2.75) is 26.8 Å². The highest BCUT2D eigenvalue weighted by molar-refractivity contribution is 5.79. The number of rotatable bonds is 6. The fourth-order valence-corrected chi connectivity index (χ4v) is 1.19. The number of carboxylic acid groups (broad SMARTS) is 1. The molecule has 1 rings (SSSR count). The molecule has 1 aromatic heterocycles. The number of nitrogens with one attached hydrogen (secondary N) is 1. The number of carboxylic acids is 1. The van der Waals surface area contributed by atoms with Crippen LogP contribution in [0.1, 0.15) is 19.6 Å². The van der Waals surface area contributed by atoms with Gasteiger partial charge in [-0.15, -0.1) is 0 Å². The molecule has 7 nitrogen and oxygen atoms in total. The molecular formula is C11H16N2O5. The van der Waals surface area contributed by atoms with E-state index in [0.29, 0.717) is 5.76 Å². The number of amides is 1. The third-order valence-electron chi connectivity index (χ3n) is 2.49. The molecule has 100 valence electrons. The van der Waals surface area contributed by atoms with Crippen LogP contribution >= 0.6 is 0 Å². The molecule has 0 bridgehead atoms. The second-order valence-electron chi connectivity index (χ2n) is 4.05. The van der Waals surface area contributed by atoms with Gasteiger partial charge in [0.25, 0.3) is 11.8 Å². The maximum absolute atomic E-state index is 11.5. The van der Waals surface area contributed by atoms with E-state index in [-0.39, 0.29) is 12.5 Å². The van der Waals surface area contributed by atoms with Gasteiger partial charge in [0, 0.05) is 12.1 Å². The van der Waals surface area contributed by atoms with Crippen LogP contribution in [0.4, 0.5) is 0 Å². The fraction of sp³-hybridized carbons (Fsp3) is 0.545. The molecule has 18 heavy (non-hydrogen) atoms. The van der Waals surface area contributed by atoms with Crippen molar-refractivity contribution >= 4 is 11.9 Å². The van der Waals surface area contributed by atoms with E-state index < -0.39 is 23.8 Å². The summed E-state index contributed by atoms with van der Waals surface area (Å²) in [6, 6.07) is 1.08. The van der Waals surface area contributed by atoms with Gasteiger partial charge in [-0.05, 0) is 25.9 Å². The van der Waals surface area contributed by atoms with E-state index in [4.69, 9.17) is 14.4 Å². The topological polar surface area (TPSA) is 102 Å². The Kier molecular flexibility index (Phi) is 4.70. The molecule has 2 atom stereocenters. The molecule has 7 heteroatoms. The molecular weight excluding hydrogens is 240 g/mol. The second kappa shape index (κ2) is 6.04. The first-order valence-corrected chi connectivity index (χ1v) is 5.48. The average Bonchev–Trinajstić information content (AvgIpc) is 2.71. The molecule has 2 unspecified atom stereocenters. The van der Waals surface area contributed by atoms with Crippen LogP contribution in [-0.2, 0) is 9.59 Å². The largest absolute Gasteiger partial charge is 0.481 e. The first kappa shape index (κ1) is 14.0. The van der Waals surface area contributed by atoms with Crippen LogP contribution in [0.2, 0.25) is 0 Å². The van der Waals surface area contributed by atoms with Gasteiger partial charge in [0.05, 0.1) is 5.92 Å². The van der Waals surface area contributed by atoms with Gasteiger partial charge < -0.3 is 19.7 Å². The number of hydrogen-bond acceptors (Lipinski definition) is 5. The first-order valence-electron chi connectivity index (χ1n) is 5.48. The van der Waals surface area contributed by atoms with E-state index in [1.165, 1.54) is 6.92 Å². The van der Waals surface area contributed by atoms with Gasteiger partial charge in [0.1, 0.15) is 5.76 Å². The first-order chi connectivity index (χ1) is 8.40. The normalized spacial score (nSPS) is 13.7. The van der Waals surface area contributed by atoms with Crippen molar-refractivity contribution in [1.29, 1.82) is 0 Å². The predicted octanol–water partition coefficient (Wildman–Crippen LogP) is 0.587. The minimum absolute atomic E-state index is 0.224. The van der Waals surface area contributed by atoms with Crippen LogP contribution in [0.3, 0.4) is 0 Å². The van der Waals surface area contributed by atoms with E-state index in [9.17, 15) is 9.59 Å². The van der Waals surface area contributed by atoms with Crippen molar-refractivity contribution in [3.63, 3.8) is 0 Å². The molecule has 0 aliphatic rings. The number of aryl methyl sites for hydroxylation is 1. The summed E-state index contributed by atoms with van der Waals surface area (Å²) in [5, 5.41) is 14.9. The molecule has 1 amide bonds. The lowest BCUT2D eigenvalue weighted by atomic mass is 10.0. The van der Waals surface area contributed by atoms with E-state index >= 15 is 0 Å². The van der Waals surface area contributed by atoms with Crippen molar-refractivity contribution in [2.75, 3.05) is 6.61 Å². The highest BCUT2D eigenvalue weighted by Gasteiger charge is 2.21. The summed E-state index contributed by atoms with van der Waals surface area (Å²) >= 11 is 0. The lowest BCUT2D eigenvalue weighted by Gasteiger charge is -2.17. The lowest BCUT2D eigenvalue weighted by Crippen LogP contribution is -2.42. The zero-order valence-electron chi connectivity index (χ0n) is 10.5. The van der Waals surface area contributed by atoms with Gasteiger partial charge >= 0.3 is 5.97 Å². The number of aromatic nitrogens is 1. The Morgan fingerprint density at radius 3 is 2.72 bits per heavy atom. The SMILES string of the molecule is Cc1cc(OCC(=O)NC(C)C(C)C(=O)O)no1. The van der Waals surface area contributed by atoms with Crippen LogP contribution in [0.15, 0.2) is 10.6 Å². The van der Waals surface area contributed by atoms with E-state index in [0.717, 1.165) is 0 Å². The summed E-state index contributed by atoms with van der Waals surface area (Å²) in [7, 11) is 0. The van der Waals surface area contributed by atoms with Crippen LogP contribution < -0.4 is 10.1 Å². The van der Waals surface area contributed by atoms with Crippen LogP contribution in [0, 0.1) is 12.8 Å². The van der Waals surface area contributed by atoms with E-state index in [1.807, 2.05) is 0 Å². The molecule has 0 fully saturated rings. The Hall–Kier alpha value is -2.05. The van der Waals surface area contributed by atoms with Crippen molar-refractivity contribution in [1.82, 2.24) is 10.5 Å². The van der Waals surface area contributed by atoms with Crippen molar-refractivity contribution in [3.8, 4) is 5.88 Å². The monoisotopic (exact) mass is 256 g/mol. The van der Waals surface area contributed by atoms with Crippen LogP contribution in [0.5, 0.6) is 5.88 Å². The van der Waals surface area contributed by atoms with Crippen molar-refractivity contribution in [2.24, 2.45) is 5.92 Å². The number of carbonyl (C=O) groups excluding carboxylic acids is 1. The highest BCUT2D eigenvalue weighted by atomic mass is 16.5. The Bertz CT molecular complexity index is 429. The standard InChI is InChI=1S/C11H16N2O5/c1-6-4-10(13-18-6)17-5-9(14)12-8(3)7(2)11(15)16/h4,7-8H,5H2,1-3H3,(H,12,14)(H,15,16). The highest BCUT2D eigenvalue weighted by Crippen LogP contribution is 2.09. The second-order valence-corrected chi connectivity index (χ2v) is 4.05. The van der Waals surface area contributed by atoms with Crippen LogP contribution in [-0.4, -0.2) is 34.8 Å². The molecule has 1 aromatic rings. The predicted molar refractivity (Wildman–Crippen MR) is 61.1 cm³/mol. The minimum Gasteiger partial charge on any atom is -0.481 e. The summed E-state index contributed by atoms with van der Waals surface area (Å²) < 4.78 is 9.83. The third-order valence-corrected chi connectivity index (χ3v) is 2.49. The summed E-state index contributed by atoms with van der Waals surface area (Å²) in [6.45, 7) is 4.62. The number of carbonyl (C=O) groups is 2. The maximum Gasteiger partial charge on any atom is 0.308 e. The molecule has 0 aromatic carbocycles. The average molecular weight is 256 g/mol. The Balaban J connectivity index is 2.35. The summed E-state index contributed by atoms with van der Waals surface area (Å²) in [5.41, 5.74) is 0. The Labute approximate surface area is 104 Å². The third kappa shape index (κ3) is 4.08. The van der Waals surface area contributed by atoms with E-state index in [2.05, 4.69) is 10.5 Å². The van der Waals surface area contributed by atoms with Crippen molar-refractivity contribution < 1.29 is 24.0 Å². The van der Waals surface area contributed by atoms with Crippen LogP contribution in [0.25, 0.3) is 0 Å². The zero-order valence-corrected chi connectivity index (χ0v) is 10.5. The molecule has 1 heterocycles. The molecule has 0 radical (unpaired) electrons. The molecule has 2 N–H and O–H groups in total. The molecule has 0 aliphatic heterocycles. The van der Waals surface area contributed by atoms with Gasteiger partial charge in [-0.2, -0.15) is 0 Å². The number of ether oxygens (including phenoxy) is 1. The van der Waals surface area contributed by atoms with Gasteiger partial charge in [-0.1, -0.05) is 0 Å². The lowest BCUT2D eigenvalue weighted by molar-refractivity contribution is -0.142. The van der Waals surface area contributed by atoms with Gasteiger partial charge in [-0.25, -0.2) is 0 Å². The Morgan fingerprint density at radius 2 is 2.22 bits per heavy atom. The quantitative estimate of drug-likeness (QED) is 0.772. The number of aliphatic carboxylic acids is 1. The molecule has 0 spiro atoms. The van der Waals surface area contributed by atoms with E-state index in [1.54, 1.807) is 19.9 Å². The molecule has 0 aliphatic carbocycles. The van der Waals surface area contributed by atoms with Gasteiger partial charge in [0.2, 0.25) is 0 Å². The van der Waals surface area contributed by atoms with Gasteiger partial charge in [-0.3, -0.25) is 9.59 Å². The van der Waals surface area contributed by atoms with Gasteiger partial charge in [0.15, 0.2) is 6.61 Å².